The summed E-state index contributed by atoms with van der Waals surface area (Å²) >= 11 is 3.37. The third-order valence-electron chi connectivity index (χ3n) is 4.92. The van der Waals surface area contributed by atoms with Gasteiger partial charge < -0.3 is 9.47 Å². The molecule has 1 aromatic heterocycles. The summed E-state index contributed by atoms with van der Waals surface area (Å²) < 4.78 is 12.5. The van der Waals surface area contributed by atoms with Crippen molar-refractivity contribution in [2.75, 3.05) is 6.79 Å². The number of nitro groups is 1. The van der Waals surface area contributed by atoms with E-state index in [1.807, 2.05) is 19.9 Å². The van der Waals surface area contributed by atoms with Crippen LogP contribution in [0.15, 0.2) is 44.7 Å². The van der Waals surface area contributed by atoms with Crippen LogP contribution in [0.1, 0.15) is 37.6 Å². The summed E-state index contributed by atoms with van der Waals surface area (Å²) in [6.45, 7) is 3.93. The molecule has 0 saturated carbocycles. The number of hydrogen-bond donors (Lipinski definition) is 0. The van der Waals surface area contributed by atoms with Gasteiger partial charge in [0.1, 0.15) is 5.82 Å². The van der Waals surface area contributed by atoms with Crippen LogP contribution in [0.2, 0.25) is 0 Å². The molecule has 10 heteroatoms. The lowest BCUT2D eigenvalue weighted by atomic mass is 10.1. The average Bonchev–Trinajstić information content (AvgIpc) is 3.19. The van der Waals surface area contributed by atoms with Crippen LogP contribution < -0.4 is 15.0 Å². The van der Waals surface area contributed by atoms with Crippen molar-refractivity contribution in [3.8, 4) is 11.5 Å². The Bertz CT molecular complexity index is 1250. The molecule has 2 aromatic carbocycles. The predicted octanol–water partition coefficient (Wildman–Crippen LogP) is 4.19. The Kier molecular flexibility index (Phi) is 5.25. The SMILES string of the molecule is CC[C@H](C)c1nc2ccc(Br)cc2c(=O)n1N=Cc1cc2c(cc1[N+](=O)[O-])OCO2. The van der Waals surface area contributed by atoms with Crippen molar-refractivity contribution in [3.05, 3.63) is 66.7 Å². The molecule has 9 nitrogen and oxygen atoms in total. The molecule has 0 N–H and O–H groups in total. The number of benzene rings is 2. The zero-order chi connectivity index (χ0) is 21.4. The summed E-state index contributed by atoms with van der Waals surface area (Å²) in [5.74, 6) is 1.12. The van der Waals surface area contributed by atoms with Gasteiger partial charge in [-0.3, -0.25) is 14.9 Å². The van der Waals surface area contributed by atoms with Gasteiger partial charge in [0.2, 0.25) is 6.79 Å². The zero-order valence-electron chi connectivity index (χ0n) is 16.2. The second-order valence-electron chi connectivity index (χ2n) is 6.82. The molecule has 2 heterocycles. The summed E-state index contributed by atoms with van der Waals surface area (Å²) in [5.41, 5.74) is 0.216. The second kappa shape index (κ2) is 7.86. The lowest BCUT2D eigenvalue weighted by Gasteiger charge is -2.14. The molecule has 1 atom stereocenters. The van der Waals surface area contributed by atoms with E-state index in [1.54, 1.807) is 12.1 Å². The fourth-order valence-corrected chi connectivity index (χ4v) is 3.47. The van der Waals surface area contributed by atoms with Crippen LogP contribution >= 0.6 is 15.9 Å². The number of aromatic nitrogens is 2. The molecular formula is C20H17BrN4O5. The van der Waals surface area contributed by atoms with E-state index >= 15 is 0 Å². The Morgan fingerprint density at radius 2 is 2.07 bits per heavy atom. The Morgan fingerprint density at radius 1 is 1.33 bits per heavy atom. The number of ether oxygens (including phenoxy) is 2. The van der Waals surface area contributed by atoms with Crippen LogP contribution in [0, 0.1) is 10.1 Å². The second-order valence-corrected chi connectivity index (χ2v) is 7.74. The molecule has 0 radical (unpaired) electrons. The maximum absolute atomic E-state index is 13.2. The molecule has 3 aromatic rings. The minimum Gasteiger partial charge on any atom is -0.454 e. The fraction of sp³-hybridized carbons (Fsp3) is 0.250. The van der Waals surface area contributed by atoms with E-state index in [0.29, 0.717) is 28.2 Å². The van der Waals surface area contributed by atoms with Gasteiger partial charge in [0, 0.05) is 10.4 Å². The highest BCUT2D eigenvalue weighted by molar-refractivity contribution is 9.10. The highest BCUT2D eigenvalue weighted by Gasteiger charge is 2.23. The van der Waals surface area contributed by atoms with Gasteiger partial charge in [0.05, 0.1) is 33.7 Å². The van der Waals surface area contributed by atoms with Crippen molar-refractivity contribution in [3.63, 3.8) is 0 Å². The normalized spacial score (nSPS) is 13.8. The van der Waals surface area contributed by atoms with Gasteiger partial charge in [-0.05, 0) is 30.7 Å². The van der Waals surface area contributed by atoms with Crippen molar-refractivity contribution in [1.29, 1.82) is 0 Å². The van der Waals surface area contributed by atoms with E-state index in [2.05, 4.69) is 26.0 Å². The summed E-state index contributed by atoms with van der Waals surface area (Å²) in [6.07, 6.45) is 2.02. The van der Waals surface area contributed by atoms with Gasteiger partial charge >= 0.3 is 0 Å². The lowest BCUT2D eigenvalue weighted by molar-refractivity contribution is -0.385. The number of rotatable bonds is 5. The Hall–Kier alpha value is -3.27. The molecule has 1 aliphatic heterocycles. The Balaban J connectivity index is 1.90. The maximum atomic E-state index is 13.2. The fourth-order valence-electron chi connectivity index (χ4n) is 3.11. The topological polar surface area (TPSA) is 109 Å². The van der Waals surface area contributed by atoms with Crippen LogP contribution in [0.4, 0.5) is 5.69 Å². The predicted molar refractivity (Wildman–Crippen MR) is 115 cm³/mol. The molecule has 1 aliphatic rings. The van der Waals surface area contributed by atoms with Gasteiger partial charge in [-0.15, -0.1) is 0 Å². The van der Waals surface area contributed by atoms with Gasteiger partial charge in [0.15, 0.2) is 11.5 Å². The van der Waals surface area contributed by atoms with Gasteiger partial charge in [-0.1, -0.05) is 29.8 Å². The van der Waals surface area contributed by atoms with E-state index < -0.39 is 4.92 Å². The first kappa shape index (κ1) is 20.0. The molecule has 0 bridgehead atoms. The first-order valence-electron chi connectivity index (χ1n) is 9.23. The number of fused-ring (bicyclic) bond motifs is 2. The number of halogens is 1. The van der Waals surface area contributed by atoms with Crippen molar-refractivity contribution < 1.29 is 14.4 Å². The third kappa shape index (κ3) is 3.54. The molecular weight excluding hydrogens is 456 g/mol. The van der Waals surface area contributed by atoms with Crippen molar-refractivity contribution in [2.24, 2.45) is 5.10 Å². The van der Waals surface area contributed by atoms with Crippen molar-refractivity contribution in [2.45, 2.75) is 26.2 Å². The monoisotopic (exact) mass is 472 g/mol. The Labute approximate surface area is 179 Å². The number of nitrogens with zero attached hydrogens (tertiary/aromatic N) is 4. The van der Waals surface area contributed by atoms with Crippen LogP contribution in [0.25, 0.3) is 10.9 Å². The zero-order valence-corrected chi connectivity index (χ0v) is 17.7. The highest BCUT2D eigenvalue weighted by Crippen LogP contribution is 2.37. The molecule has 0 spiro atoms. The first-order chi connectivity index (χ1) is 14.4. The van der Waals surface area contributed by atoms with Crippen LogP contribution in [-0.2, 0) is 0 Å². The average molecular weight is 473 g/mol. The molecule has 0 fully saturated rings. The van der Waals surface area contributed by atoms with E-state index in [0.717, 1.165) is 10.9 Å². The van der Waals surface area contributed by atoms with Gasteiger partial charge in [0.25, 0.3) is 11.2 Å². The molecule has 4 rings (SSSR count). The van der Waals surface area contributed by atoms with Gasteiger partial charge in [-0.25, -0.2) is 4.98 Å². The maximum Gasteiger partial charge on any atom is 0.282 e. The standard InChI is InChI=1S/C20H17BrN4O5/c1-3-11(2)19-23-15-5-4-13(21)7-14(15)20(26)24(19)22-9-12-6-17-18(30-10-29-17)8-16(12)25(27)28/h4-9,11H,3,10H2,1-2H3/t11-/m0/s1. The van der Waals surface area contributed by atoms with Crippen LogP contribution in [0.3, 0.4) is 0 Å². The summed E-state index contributed by atoms with van der Waals surface area (Å²) in [7, 11) is 0. The summed E-state index contributed by atoms with van der Waals surface area (Å²) in [6, 6.07) is 8.03. The van der Waals surface area contributed by atoms with Crippen LogP contribution in [-0.4, -0.2) is 27.6 Å². The molecule has 0 aliphatic carbocycles. The minimum absolute atomic E-state index is 0.00578. The number of nitro benzene ring substituents is 1. The van der Waals surface area contributed by atoms with E-state index in [9.17, 15) is 14.9 Å². The summed E-state index contributed by atoms with van der Waals surface area (Å²) in [5, 5.41) is 16.2. The van der Waals surface area contributed by atoms with E-state index in [1.165, 1.54) is 23.0 Å². The Morgan fingerprint density at radius 3 is 2.77 bits per heavy atom. The smallest absolute Gasteiger partial charge is 0.282 e. The number of hydrogen-bond acceptors (Lipinski definition) is 7. The van der Waals surface area contributed by atoms with Gasteiger partial charge in [-0.2, -0.15) is 9.78 Å². The van der Waals surface area contributed by atoms with Crippen molar-refractivity contribution in [1.82, 2.24) is 9.66 Å². The van der Waals surface area contributed by atoms with Crippen molar-refractivity contribution >= 4 is 38.7 Å². The highest BCUT2D eigenvalue weighted by atomic mass is 79.9. The molecule has 0 saturated heterocycles. The van der Waals surface area contributed by atoms with E-state index in [-0.39, 0.29) is 29.5 Å². The lowest BCUT2D eigenvalue weighted by Crippen LogP contribution is -2.23. The quantitative estimate of drug-likeness (QED) is 0.312. The third-order valence-corrected chi connectivity index (χ3v) is 5.41. The first-order valence-corrected chi connectivity index (χ1v) is 10.0. The molecule has 154 valence electrons. The molecule has 30 heavy (non-hydrogen) atoms. The molecule has 0 unspecified atom stereocenters. The summed E-state index contributed by atoms with van der Waals surface area (Å²) in [4.78, 5) is 28.7. The van der Waals surface area contributed by atoms with E-state index in [4.69, 9.17) is 9.47 Å². The minimum atomic E-state index is -0.530. The molecule has 0 amide bonds. The largest absolute Gasteiger partial charge is 0.454 e. The van der Waals surface area contributed by atoms with Crippen LogP contribution in [0.5, 0.6) is 11.5 Å².